The van der Waals surface area contributed by atoms with Gasteiger partial charge in [-0.1, -0.05) is 40.9 Å². The molecule has 3 heterocycles. The molecule has 0 aliphatic carbocycles. The van der Waals surface area contributed by atoms with E-state index in [1.807, 2.05) is 65.6 Å². The van der Waals surface area contributed by atoms with Crippen LogP contribution in [0.3, 0.4) is 0 Å². The van der Waals surface area contributed by atoms with E-state index in [2.05, 4.69) is 9.88 Å². The van der Waals surface area contributed by atoms with E-state index in [4.69, 9.17) is 39.5 Å². The van der Waals surface area contributed by atoms with Crippen LogP contribution in [0.4, 0.5) is 5.69 Å². The Morgan fingerprint density at radius 2 is 1.80 bits per heavy atom. The maximum absolute atomic E-state index is 14.0. The molecular weight excluding hydrogens is 505 g/mol. The minimum Gasteiger partial charge on any atom is -0.488 e. The summed E-state index contributed by atoms with van der Waals surface area (Å²) in [5, 5.41) is 1.88. The summed E-state index contributed by atoms with van der Waals surface area (Å²) in [5.74, 6) is 0.848. The van der Waals surface area contributed by atoms with Crippen molar-refractivity contribution in [2.45, 2.75) is 31.9 Å². The minimum atomic E-state index is -0.550. The first-order chi connectivity index (χ1) is 16.9. The standard InChI is InChI=1S/C27H26Cl3N3O2/c28-19-6-9-23(10-7-19)33-17-25(35-24-4-1-3-20(29)13-24)14-27(26(33)34)11-2-12-32(18-27)16-22-8-5-21(30)15-31-22/h1,3-10,13,15,25H,2,11-12,14,16-18H2/t25-,27-/m1/s1. The maximum Gasteiger partial charge on any atom is 0.234 e. The Morgan fingerprint density at radius 1 is 1.00 bits per heavy atom. The van der Waals surface area contributed by atoms with E-state index in [9.17, 15) is 4.79 Å². The first-order valence-corrected chi connectivity index (χ1v) is 12.9. The van der Waals surface area contributed by atoms with Gasteiger partial charge in [-0.15, -0.1) is 0 Å². The van der Waals surface area contributed by atoms with Crippen LogP contribution in [0.1, 0.15) is 25.0 Å². The summed E-state index contributed by atoms with van der Waals surface area (Å²) in [6.07, 6.45) is 3.88. The van der Waals surface area contributed by atoms with Crippen molar-refractivity contribution in [2.75, 3.05) is 24.5 Å². The molecule has 2 aliphatic heterocycles. The largest absolute Gasteiger partial charge is 0.488 e. The van der Waals surface area contributed by atoms with Gasteiger partial charge in [0.05, 0.1) is 22.7 Å². The summed E-state index contributed by atoms with van der Waals surface area (Å²) in [5.41, 5.74) is 1.22. The second-order valence-corrected chi connectivity index (χ2v) is 10.7. The van der Waals surface area contributed by atoms with Crippen molar-refractivity contribution in [1.82, 2.24) is 9.88 Å². The van der Waals surface area contributed by atoms with Crippen molar-refractivity contribution >= 4 is 46.4 Å². The van der Waals surface area contributed by atoms with Crippen molar-refractivity contribution in [3.05, 3.63) is 87.6 Å². The third kappa shape index (κ3) is 5.59. The van der Waals surface area contributed by atoms with Gasteiger partial charge < -0.3 is 9.64 Å². The van der Waals surface area contributed by atoms with E-state index in [0.29, 0.717) is 46.9 Å². The molecule has 2 fully saturated rings. The minimum absolute atomic E-state index is 0.138. The molecule has 5 rings (SSSR count). The number of halogens is 3. The van der Waals surface area contributed by atoms with Crippen molar-refractivity contribution in [3.63, 3.8) is 0 Å². The molecule has 8 heteroatoms. The molecule has 1 aromatic heterocycles. The second kappa shape index (κ2) is 10.4. The van der Waals surface area contributed by atoms with Gasteiger partial charge in [0.2, 0.25) is 5.91 Å². The zero-order valence-corrected chi connectivity index (χ0v) is 21.4. The lowest BCUT2D eigenvalue weighted by Gasteiger charge is -2.49. The van der Waals surface area contributed by atoms with Crippen LogP contribution in [0.2, 0.25) is 15.1 Å². The van der Waals surface area contributed by atoms with Gasteiger partial charge in [0, 0.05) is 41.4 Å². The fourth-order valence-electron chi connectivity index (χ4n) is 5.25. The number of likely N-dealkylation sites (tertiary alicyclic amines) is 1. The number of nitrogens with zero attached hydrogens (tertiary/aromatic N) is 3. The van der Waals surface area contributed by atoms with Gasteiger partial charge in [-0.25, -0.2) is 0 Å². The van der Waals surface area contributed by atoms with Crippen LogP contribution >= 0.6 is 34.8 Å². The summed E-state index contributed by atoms with van der Waals surface area (Å²) in [6, 6.07) is 18.6. The molecule has 2 aromatic carbocycles. The van der Waals surface area contributed by atoms with Gasteiger partial charge in [-0.05, 0) is 74.0 Å². The molecule has 2 aliphatic rings. The Bertz CT molecular complexity index is 1190. The fourth-order valence-corrected chi connectivity index (χ4v) is 5.67. The van der Waals surface area contributed by atoms with Gasteiger partial charge >= 0.3 is 0 Å². The Labute approximate surface area is 220 Å². The monoisotopic (exact) mass is 529 g/mol. The van der Waals surface area contributed by atoms with E-state index in [-0.39, 0.29) is 12.0 Å². The summed E-state index contributed by atoms with van der Waals surface area (Å²) in [7, 11) is 0. The first kappa shape index (κ1) is 24.4. The third-order valence-corrected chi connectivity index (χ3v) is 7.48. The molecule has 182 valence electrons. The predicted octanol–water partition coefficient (Wildman–Crippen LogP) is 6.51. The normalized spacial score (nSPS) is 23.0. The van der Waals surface area contributed by atoms with E-state index in [0.717, 1.165) is 30.8 Å². The van der Waals surface area contributed by atoms with Gasteiger partial charge in [-0.3, -0.25) is 14.7 Å². The predicted molar refractivity (Wildman–Crippen MR) is 140 cm³/mol. The number of pyridine rings is 1. The average molecular weight is 531 g/mol. The van der Waals surface area contributed by atoms with Crippen LogP contribution in [-0.2, 0) is 11.3 Å². The number of rotatable bonds is 5. The molecule has 35 heavy (non-hydrogen) atoms. The van der Waals surface area contributed by atoms with Crippen LogP contribution in [-0.4, -0.2) is 41.5 Å². The number of piperidine rings is 2. The van der Waals surface area contributed by atoms with Crippen molar-refractivity contribution in [2.24, 2.45) is 5.41 Å². The Kier molecular flexibility index (Phi) is 7.21. The van der Waals surface area contributed by atoms with Gasteiger partial charge in [0.25, 0.3) is 0 Å². The van der Waals surface area contributed by atoms with E-state index < -0.39 is 5.41 Å². The van der Waals surface area contributed by atoms with E-state index in [1.165, 1.54) is 0 Å². The zero-order valence-electron chi connectivity index (χ0n) is 19.2. The number of hydrogen-bond acceptors (Lipinski definition) is 4. The van der Waals surface area contributed by atoms with Gasteiger partial charge in [0.1, 0.15) is 11.9 Å². The Hall–Kier alpha value is -2.31. The zero-order chi connectivity index (χ0) is 24.4. The molecule has 0 saturated carbocycles. The lowest BCUT2D eigenvalue weighted by atomic mass is 9.71. The number of aromatic nitrogens is 1. The highest BCUT2D eigenvalue weighted by atomic mass is 35.5. The lowest BCUT2D eigenvalue weighted by Crippen LogP contribution is -2.60. The first-order valence-electron chi connectivity index (χ1n) is 11.7. The topological polar surface area (TPSA) is 45.7 Å². The van der Waals surface area contributed by atoms with Gasteiger partial charge in [0.15, 0.2) is 0 Å². The number of carbonyl (C=O) groups excluding carboxylic acids is 1. The number of anilines is 1. The number of hydrogen-bond donors (Lipinski definition) is 0. The number of amides is 1. The molecule has 5 nitrogen and oxygen atoms in total. The van der Waals surface area contributed by atoms with E-state index in [1.54, 1.807) is 6.20 Å². The van der Waals surface area contributed by atoms with Crippen LogP contribution < -0.4 is 9.64 Å². The summed E-state index contributed by atoms with van der Waals surface area (Å²) in [6.45, 7) is 2.70. The molecule has 0 unspecified atom stereocenters. The molecular formula is C27H26Cl3N3O2. The highest BCUT2D eigenvalue weighted by molar-refractivity contribution is 6.31. The molecule has 2 atom stereocenters. The molecule has 0 N–H and O–H groups in total. The molecule has 1 amide bonds. The molecule has 0 bridgehead atoms. The number of carbonyl (C=O) groups is 1. The molecule has 2 saturated heterocycles. The number of benzene rings is 2. The summed E-state index contributed by atoms with van der Waals surface area (Å²) < 4.78 is 6.40. The van der Waals surface area contributed by atoms with Crippen LogP contribution in [0, 0.1) is 5.41 Å². The highest BCUT2D eigenvalue weighted by Gasteiger charge is 2.50. The quantitative estimate of drug-likeness (QED) is 0.377. The van der Waals surface area contributed by atoms with Crippen molar-refractivity contribution in [3.8, 4) is 5.75 Å². The van der Waals surface area contributed by atoms with E-state index >= 15 is 0 Å². The third-order valence-electron chi connectivity index (χ3n) is 6.77. The lowest BCUT2D eigenvalue weighted by molar-refractivity contribution is -0.137. The molecule has 0 radical (unpaired) electrons. The highest BCUT2D eigenvalue weighted by Crippen LogP contribution is 2.42. The fraction of sp³-hybridized carbons (Fsp3) is 0.333. The van der Waals surface area contributed by atoms with Crippen LogP contribution in [0.15, 0.2) is 66.9 Å². The Balaban J connectivity index is 1.43. The molecule has 1 spiro atoms. The molecule has 3 aromatic rings. The second-order valence-electron chi connectivity index (χ2n) is 9.36. The van der Waals surface area contributed by atoms with Crippen molar-refractivity contribution in [1.29, 1.82) is 0 Å². The van der Waals surface area contributed by atoms with Crippen molar-refractivity contribution < 1.29 is 9.53 Å². The Morgan fingerprint density at radius 3 is 2.54 bits per heavy atom. The SMILES string of the molecule is O=C1N(c2ccc(Cl)cc2)C[C@H](Oc2cccc(Cl)c2)C[C@@]12CCCN(Cc1ccc(Cl)cn1)C2. The average Bonchev–Trinajstić information content (AvgIpc) is 2.84. The number of ether oxygens (including phenoxy) is 1. The van der Waals surface area contributed by atoms with Gasteiger partial charge in [-0.2, -0.15) is 0 Å². The smallest absolute Gasteiger partial charge is 0.234 e. The summed E-state index contributed by atoms with van der Waals surface area (Å²) in [4.78, 5) is 22.7. The van der Waals surface area contributed by atoms with Crippen LogP contribution in [0.5, 0.6) is 5.75 Å². The maximum atomic E-state index is 14.0. The van der Waals surface area contributed by atoms with Crippen LogP contribution in [0.25, 0.3) is 0 Å². The summed E-state index contributed by atoms with van der Waals surface area (Å²) >= 11 is 18.3.